The van der Waals surface area contributed by atoms with Crippen LogP contribution < -0.4 is 10.6 Å². The van der Waals surface area contributed by atoms with Gasteiger partial charge in [-0.25, -0.2) is 4.98 Å². The minimum absolute atomic E-state index is 0.585. The van der Waals surface area contributed by atoms with Gasteiger partial charge in [0.15, 0.2) is 5.96 Å². The van der Waals surface area contributed by atoms with Crippen LogP contribution in [0.3, 0.4) is 0 Å². The summed E-state index contributed by atoms with van der Waals surface area (Å²) >= 11 is 0. The Bertz CT molecular complexity index is 617. The summed E-state index contributed by atoms with van der Waals surface area (Å²) in [6, 6.07) is 6.03. The summed E-state index contributed by atoms with van der Waals surface area (Å²) < 4.78 is 7.63. The quantitative estimate of drug-likeness (QED) is 0.394. The molecule has 138 valence electrons. The highest BCUT2D eigenvalue weighted by Gasteiger charge is 2.02. The normalized spacial score (nSPS) is 12.1. The molecule has 2 heterocycles. The number of aliphatic imine (C=N–C) groups is 1. The topological polar surface area (TPSA) is 63.0 Å². The predicted molar refractivity (Wildman–Crippen MR) is 103 cm³/mol. The lowest BCUT2D eigenvalue weighted by Crippen LogP contribution is -2.38. The molecule has 2 rings (SSSR count). The molecule has 0 aromatic carbocycles. The number of imidazole rings is 1. The van der Waals surface area contributed by atoms with Crippen LogP contribution in [-0.2, 0) is 11.2 Å². The van der Waals surface area contributed by atoms with Gasteiger partial charge >= 0.3 is 0 Å². The van der Waals surface area contributed by atoms with Crippen LogP contribution in [0.25, 0.3) is 5.65 Å². The van der Waals surface area contributed by atoms with Crippen molar-refractivity contribution in [3.63, 3.8) is 0 Å². The first kappa shape index (κ1) is 19.2. The van der Waals surface area contributed by atoms with Crippen molar-refractivity contribution in [1.29, 1.82) is 0 Å². The van der Waals surface area contributed by atoms with Gasteiger partial charge in [0.1, 0.15) is 5.65 Å². The van der Waals surface area contributed by atoms with Gasteiger partial charge in [0.05, 0.1) is 5.69 Å². The number of fused-ring (bicyclic) bond motifs is 1. The highest BCUT2D eigenvalue weighted by molar-refractivity contribution is 5.79. The molecular formula is C19H31N5O. The van der Waals surface area contributed by atoms with Crippen LogP contribution >= 0.6 is 0 Å². The molecule has 0 aliphatic heterocycles. The number of nitrogens with zero attached hydrogens (tertiary/aromatic N) is 3. The van der Waals surface area contributed by atoms with E-state index in [1.165, 1.54) is 0 Å². The number of nitrogens with one attached hydrogen (secondary N) is 2. The maximum absolute atomic E-state index is 5.58. The van der Waals surface area contributed by atoms with Gasteiger partial charge in [0, 0.05) is 51.7 Å². The number of aromatic nitrogens is 2. The van der Waals surface area contributed by atoms with Crippen LogP contribution in [0.1, 0.15) is 32.9 Å². The Morgan fingerprint density at radius 1 is 1.32 bits per heavy atom. The van der Waals surface area contributed by atoms with E-state index in [1.807, 2.05) is 28.8 Å². The average Bonchev–Trinajstić information content (AvgIpc) is 3.00. The summed E-state index contributed by atoms with van der Waals surface area (Å²) in [7, 11) is 0. The Morgan fingerprint density at radius 3 is 2.96 bits per heavy atom. The fourth-order valence-corrected chi connectivity index (χ4v) is 2.43. The largest absolute Gasteiger partial charge is 0.381 e. The van der Waals surface area contributed by atoms with Crippen molar-refractivity contribution in [1.82, 2.24) is 20.0 Å². The molecule has 2 aromatic heterocycles. The van der Waals surface area contributed by atoms with E-state index in [4.69, 9.17) is 4.74 Å². The summed E-state index contributed by atoms with van der Waals surface area (Å²) in [4.78, 5) is 9.20. The zero-order chi connectivity index (χ0) is 17.9. The number of guanidine groups is 1. The Balaban J connectivity index is 1.71. The minimum Gasteiger partial charge on any atom is -0.381 e. The van der Waals surface area contributed by atoms with Crippen molar-refractivity contribution in [3.05, 3.63) is 36.3 Å². The Kier molecular flexibility index (Phi) is 8.25. The molecule has 0 radical (unpaired) electrons. The first-order valence-corrected chi connectivity index (χ1v) is 9.21. The van der Waals surface area contributed by atoms with E-state index in [0.29, 0.717) is 5.92 Å². The molecule has 0 bridgehead atoms. The molecule has 0 fully saturated rings. The zero-order valence-electron chi connectivity index (χ0n) is 15.7. The monoisotopic (exact) mass is 345 g/mol. The van der Waals surface area contributed by atoms with E-state index in [9.17, 15) is 0 Å². The lowest BCUT2D eigenvalue weighted by molar-refractivity contribution is 0.109. The van der Waals surface area contributed by atoms with Gasteiger partial charge in [-0.1, -0.05) is 19.9 Å². The molecule has 6 nitrogen and oxygen atoms in total. The molecule has 0 unspecified atom stereocenters. The van der Waals surface area contributed by atoms with Crippen molar-refractivity contribution in [2.75, 3.05) is 32.8 Å². The van der Waals surface area contributed by atoms with Gasteiger partial charge in [-0.15, -0.1) is 0 Å². The standard InChI is InChI=1S/C19H31N5O/c1-4-20-19(21-10-7-13-25-15-16(2)3)22-11-9-17-14-24-12-6-5-8-18(24)23-17/h5-6,8,12,14,16H,4,7,9-11,13,15H2,1-3H3,(H2,20,21,22). The van der Waals surface area contributed by atoms with Crippen LogP contribution in [0.5, 0.6) is 0 Å². The molecule has 0 saturated heterocycles. The summed E-state index contributed by atoms with van der Waals surface area (Å²) in [5.74, 6) is 1.44. The number of hydrogen-bond donors (Lipinski definition) is 2. The van der Waals surface area contributed by atoms with E-state index in [-0.39, 0.29) is 0 Å². The average molecular weight is 345 g/mol. The molecule has 0 atom stereocenters. The SMILES string of the molecule is CCNC(=NCCCOCC(C)C)NCCc1cn2ccccc2n1. The molecule has 6 heteroatoms. The Hall–Kier alpha value is -2.08. The summed E-state index contributed by atoms with van der Waals surface area (Å²) in [5, 5.41) is 6.65. The molecule has 0 aliphatic carbocycles. The van der Waals surface area contributed by atoms with Crippen LogP contribution in [0.4, 0.5) is 0 Å². The van der Waals surface area contributed by atoms with Crippen LogP contribution in [0.15, 0.2) is 35.6 Å². The fraction of sp³-hybridized carbons (Fsp3) is 0.579. The third-order valence-electron chi connectivity index (χ3n) is 3.60. The van der Waals surface area contributed by atoms with Crippen molar-refractivity contribution >= 4 is 11.6 Å². The molecule has 2 aromatic rings. The van der Waals surface area contributed by atoms with E-state index in [0.717, 1.165) is 63.0 Å². The van der Waals surface area contributed by atoms with E-state index in [1.54, 1.807) is 0 Å². The van der Waals surface area contributed by atoms with Crippen molar-refractivity contribution in [2.45, 2.75) is 33.6 Å². The molecule has 25 heavy (non-hydrogen) atoms. The molecule has 0 aliphatic rings. The highest BCUT2D eigenvalue weighted by atomic mass is 16.5. The number of hydrogen-bond acceptors (Lipinski definition) is 3. The van der Waals surface area contributed by atoms with Gasteiger partial charge in [-0.3, -0.25) is 4.99 Å². The first-order chi connectivity index (χ1) is 12.2. The lowest BCUT2D eigenvalue weighted by atomic mass is 10.2. The predicted octanol–water partition coefficient (Wildman–Crippen LogP) is 2.49. The molecule has 2 N–H and O–H groups in total. The summed E-state index contributed by atoms with van der Waals surface area (Å²) in [6.07, 6.45) is 5.90. The Labute approximate surface area is 150 Å². The number of rotatable bonds is 10. The highest BCUT2D eigenvalue weighted by Crippen LogP contribution is 2.04. The third-order valence-corrected chi connectivity index (χ3v) is 3.60. The maximum atomic E-state index is 5.58. The smallest absolute Gasteiger partial charge is 0.191 e. The second-order valence-corrected chi connectivity index (χ2v) is 6.46. The second-order valence-electron chi connectivity index (χ2n) is 6.46. The van der Waals surface area contributed by atoms with Gasteiger partial charge in [0.25, 0.3) is 0 Å². The molecule has 0 spiro atoms. The van der Waals surface area contributed by atoms with E-state index < -0.39 is 0 Å². The summed E-state index contributed by atoms with van der Waals surface area (Å²) in [6.45, 7) is 10.4. The van der Waals surface area contributed by atoms with Crippen LogP contribution in [0, 0.1) is 5.92 Å². The lowest BCUT2D eigenvalue weighted by Gasteiger charge is -2.11. The van der Waals surface area contributed by atoms with Crippen LogP contribution in [-0.4, -0.2) is 48.2 Å². The fourth-order valence-electron chi connectivity index (χ4n) is 2.43. The minimum atomic E-state index is 0.585. The zero-order valence-corrected chi connectivity index (χ0v) is 15.7. The maximum Gasteiger partial charge on any atom is 0.191 e. The van der Waals surface area contributed by atoms with E-state index in [2.05, 4.69) is 47.6 Å². The van der Waals surface area contributed by atoms with Crippen LogP contribution in [0.2, 0.25) is 0 Å². The van der Waals surface area contributed by atoms with Crippen molar-refractivity contribution < 1.29 is 4.74 Å². The Morgan fingerprint density at radius 2 is 2.20 bits per heavy atom. The summed E-state index contributed by atoms with van der Waals surface area (Å²) in [5.41, 5.74) is 2.07. The number of pyridine rings is 1. The van der Waals surface area contributed by atoms with Crippen molar-refractivity contribution in [3.8, 4) is 0 Å². The molecule has 0 saturated carbocycles. The number of ether oxygens (including phenoxy) is 1. The van der Waals surface area contributed by atoms with Gasteiger partial charge in [-0.05, 0) is 31.4 Å². The van der Waals surface area contributed by atoms with Crippen molar-refractivity contribution in [2.24, 2.45) is 10.9 Å². The first-order valence-electron chi connectivity index (χ1n) is 9.21. The van der Waals surface area contributed by atoms with Gasteiger partial charge < -0.3 is 19.8 Å². The second kappa shape index (κ2) is 10.7. The molecular weight excluding hydrogens is 314 g/mol. The van der Waals surface area contributed by atoms with E-state index >= 15 is 0 Å². The van der Waals surface area contributed by atoms with Gasteiger partial charge in [-0.2, -0.15) is 0 Å². The third kappa shape index (κ3) is 7.13. The van der Waals surface area contributed by atoms with Gasteiger partial charge in [0.2, 0.25) is 0 Å². The molecule has 0 amide bonds.